The van der Waals surface area contributed by atoms with E-state index in [0.29, 0.717) is 31.0 Å². The molecule has 19 nitrogen and oxygen atoms in total. The Morgan fingerprint density at radius 2 is 0.887 bits per heavy atom. The van der Waals surface area contributed by atoms with Gasteiger partial charge in [0.25, 0.3) is 0 Å². The molecule has 0 bridgehead atoms. The van der Waals surface area contributed by atoms with Crippen molar-refractivity contribution in [1.29, 1.82) is 0 Å². The number of sulfone groups is 1. The molecule has 0 aliphatic carbocycles. The maximum absolute atomic E-state index is 13.8. The predicted octanol–water partition coefficient (Wildman–Crippen LogP) is 10.7. The molecule has 414 valence electrons. The third-order valence-electron chi connectivity index (χ3n) is 13.9. The van der Waals surface area contributed by atoms with Gasteiger partial charge in [-0.05, 0) is 127 Å². The number of hydrogen-bond acceptors (Lipinski definition) is 19. The van der Waals surface area contributed by atoms with Gasteiger partial charge >= 0.3 is 0 Å². The zero-order chi connectivity index (χ0) is 57.1. The van der Waals surface area contributed by atoms with E-state index >= 15 is 0 Å². The van der Waals surface area contributed by atoms with E-state index in [1.54, 1.807) is 46.8 Å². The zero-order valence-electron chi connectivity index (χ0n) is 46.1. The molecule has 1 unspecified atom stereocenters. The highest BCUT2D eigenvalue weighted by Crippen LogP contribution is 2.41. The number of ether oxygens (including phenoxy) is 1. The summed E-state index contributed by atoms with van der Waals surface area (Å²) in [5.41, 5.74) is 12.3. The van der Waals surface area contributed by atoms with Gasteiger partial charge in [0.05, 0.1) is 54.8 Å². The van der Waals surface area contributed by atoms with Crippen LogP contribution in [-0.2, 0) is 60.1 Å². The van der Waals surface area contributed by atoms with E-state index in [-0.39, 0.29) is 4.90 Å². The van der Waals surface area contributed by atoms with Crippen LogP contribution in [0, 0.1) is 47.4 Å². The minimum Gasteiger partial charge on any atom is -0.497 e. The van der Waals surface area contributed by atoms with Crippen molar-refractivity contribution in [2.45, 2.75) is 71.0 Å². The van der Waals surface area contributed by atoms with Gasteiger partial charge in [0.2, 0.25) is 0 Å². The van der Waals surface area contributed by atoms with Crippen molar-refractivity contribution in [2.75, 3.05) is 35.6 Å². The fourth-order valence-electron chi connectivity index (χ4n) is 9.22. The molecule has 1 atom stereocenters. The highest BCUT2D eigenvalue weighted by Gasteiger charge is 2.23. The summed E-state index contributed by atoms with van der Waals surface area (Å²) in [5.74, 6) is 6.23. The number of methoxy groups -OCH3 is 1. The van der Waals surface area contributed by atoms with E-state index in [2.05, 4.69) is 93.7 Å². The lowest BCUT2D eigenvalue weighted by Gasteiger charge is -2.06. The number of thiophene rings is 3. The first kappa shape index (κ1) is 55.6. The Kier molecular flexibility index (Phi) is 15.1. The van der Waals surface area contributed by atoms with E-state index in [1.807, 2.05) is 94.6 Å². The van der Waals surface area contributed by atoms with Crippen molar-refractivity contribution < 1.29 is 21.8 Å². The fraction of sp³-hybridized carbons (Fsp3) is 0.273. The van der Waals surface area contributed by atoms with E-state index in [0.717, 1.165) is 124 Å². The second-order valence-electron chi connectivity index (χ2n) is 19.6. The molecule has 3 N–H and O–H groups in total. The Morgan fingerprint density at radius 1 is 0.537 bits per heavy atom. The number of aromatic nitrogens is 12. The summed E-state index contributed by atoms with van der Waals surface area (Å²) in [6, 6.07) is 19.8. The van der Waals surface area contributed by atoms with Crippen LogP contribution in [0.5, 0.6) is 5.75 Å². The summed E-state index contributed by atoms with van der Waals surface area (Å²) in [6.07, 6.45) is 2.65. The van der Waals surface area contributed by atoms with Crippen molar-refractivity contribution in [2.24, 2.45) is 21.1 Å². The topological polar surface area (TPSA) is 227 Å². The van der Waals surface area contributed by atoms with Crippen molar-refractivity contribution in [3.63, 3.8) is 0 Å². The maximum atomic E-state index is 13.8. The zero-order valence-corrected chi connectivity index (χ0v) is 50.2. The molecule has 9 aromatic heterocycles. The third-order valence-corrected chi connectivity index (χ3v) is 19.5. The molecule has 0 saturated carbocycles. The third kappa shape index (κ3) is 10.7. The lowest BCUT2D eigenvalue weighted by Crippen LogP contribution is -2.05. The molecule has 0 fully saturated rings. The van der Waals surface area contributed by atoms with Crippen LogP contribution < -0.4 is 20.7 Å². The van der Waals surface area contributed by atoms with Crippen molar-refractivity contribution >= 4 is 138 Å². The van der Waals surface area contributed by atoms with Crippen molar-refractivity contribution in [3.05, 3.63) is 123 Å². The fourth-order valence-corrected chi connectivity index (χ4v) is 14.2. The molecule has 0 radical (unpaired) electrons. The largest absolute Gasteiger partial charge is 0.497 e. The Morgan fingerprint density at radius 3 is 1.24 bits per heavy atom. The number of rotatable bonds is 12. The first-order chi connectivity index (χ1) is 38.0. The number of anilines is 3. The average molecular weight is 1170 g/mol. The van der Waals surface area contributed by atoms with Crippen LogP contribution in [0.25, 0.3) is 61.3 Å². The molecular weight excluding hydrogens is 1110 g/mol. The van der Waals surface area contributed by atoms with Gasteiger partial charge < -0.3 is 20.7 Å². The van der Waals surface area contributed by atoms with Crippen LogP contribution in [0.2, 0.25) is 0 Å². The normalized spacial score (nSPS) is 12.5. The quantitative estimate of drug-likeness (QED) is 0.0967. The van der Waals surface area contributed by atoms with Gasteiger partial charge in [-0.25, -0.2) is 12.8 Å². The molecule has 12 aromatic rings. The lowest BCUT2D eigenvalue weighted by atomic mass is 10.1. The number of nitrogens with zero attached hydrogens (tertiary/aromatic N) is 12. The Labute approximate surface area is 473 Å². The summed E-state index contributed by atoms with van der Waals surface area (Å²) in [7, 11) is 1.66. The summed E-state index contributed by atoms with van der Waals surface area (Å²) < 4.78 is 63.3. The molecule has 0 aliphatic heterocycles. The molecule has 3 aromatic carbocycles. The highest BCUT2D eigenvalue weighted by atomic mass is 32.2. The molecule has 25 heteroatoms. The lowest BCUT2D eigenvalue weighted by molar-refractivity contribution is 0.414. The van der Waals surface area contributed by atoms with Crippen LogP contribution in [0.3, 0.4) is 0 Å². The second-order valence-corrected chi connectivity index (χ2v) is 27.1. The predicted molar refractivity (Wildman–Crippen MR) is 324 cm³/mol. The summed E-state index contributed by atoms with van der Waals surface area (Å²) in [4.78, 5) is 3.19. The Balaban J connectivity index is 0.000000135. The van der Waals surface area contributed by atoms with Gasteiger partial charge in [-0.2, -0.15) is 30.6 Å². The maximum Gasteiger partial charge on any atom is 0.178 e. The molecule has 0 aliphatic rings. The van der Waals surface area contributed by atoms with Gasteiger partial charge in [-0.3, -0.25) is 18.3 Å². The smallest absolute Gasteiger partial charge is 0.178 e. The van der Waals surface area contributed by atoms with Gasteiger partial charge in [-0.15, -0.1) is 49.3 Å². The number of halogens is 1. The molecule has 80 heavy (non-hydrogen) atoms. The van der Waals surface area contributed by atoms with E-state index in [9.17, 15) is 17.0 Å². The van der Waals surface area contributed by atoms with Gasteiger partial charge in [0.15, 0.2) is 27.3 Å². The van der Waals surface area contributed by atoms with Gasteiger partial charge in [-0.1, -0.05) is 30.3 Å². The van der Waals surface area contributed by atoms with Crippen molar-refractivity contribution in [3.8, 4) is 5.75 Å². The van der Waals surface area contributed by atoms with Crippen LogP contribution in [0.15, 0.2) is 76.5 Å². The minimum atomic E-state index is -3.63. The molecule has 0 saturated heterocycles. The average Bonchev–Trinajstić information content (AvgIpc) is 4.48. The van der Waals surface area contributed by atoms with Gasteiger partial charge in [0.1, 0.15) is 31.0 Å². The summed E-state index contributed by atoms with van der Waals surface area (Å²) in [5, 5.41) is 53.0. The number of aryl methyl sites for hydroxylation is 9. The first-order valence-corrected chi connectivity index (χ1v) is 31.5. The summed E-state index contributed by atoms with van der Waals surface area (Å²) >= 11 is 4.74. The second kappa shape index (κ2) is 21.7. The Hall–Kier alpha value is -7.71. The summed E-state index contributed by atoms with van der Waals surface area (Å²) in [6.45, 7) is 13.7. The standard InChI is InChI=1S/C19H21N5OS2.C18H18FN5O2S2.C18H19N5OS/c1-11-12(2)21-22-19-15(11)16-17(26-19)18(23-24(16)3)20-10-13-6-8-14(9-7-13)27(4,5)25;1-9-10(2)21-22-18-14(9)15-16(27-18)17(23-24(15)3)20-8-11-5-6-12(19)13(7-11)28(4,25)26;1-10-11(2)20-21-18-14(10)15-16(25-18)17(22-23(15)3)19-9-12-5-7-13(24-4)8-6-12/h6-9H,4,10H2,1-3,5H3,(H,20,23);5-7H,8H2,1-4H3,(H,20,23);5-8H,9H2,1-4H3,(H,19,22). The number of nitrogens with one attached hydrogen (secondary N) is 3. The minimum absolute atomic E-state index is 0.304. The monoisotopic (exact) mass is 1170 g/mol. The molecule has 0 spiro atoms. The van der Waals surface area contributed by atoms with E-state index in [4.69, 9.17) is 4.74 Å². The molecule has 0 amide bonds. The number of hydrogen-bond donors (Lipinski definition) is 3. The van der Waals surface area contributed by atoms with Crippen LogP contribution in [-0.4, -0.2) is 98.1 Å². The number of fused-ring (bicyclic) bond motifs is 9. The molecule has 9 heterocycles. The van der Waals surface area contributed by atoms with Gasteiger partial charge in [0, 0.05) is 74.3 Å². The van der Waals surface area contributed by atoms with Crippen LogP contribution in [0.1, 0.15) is 50.5 Å². The SMILES string of the molecule is C=S(C)(=O)c1ccc(CNc2nn(C)c3c2sc2nnc(C)c(C)c23)cc1.COc1ccc(CNc2nn(C)c3c2sc2nnc(C)c(C)c23)cc1.Cc1nnc2sc3c(NCc4ccc(F)c(S(C)(=O)=O)c4)nn(C)c3c2c1C. The van der Waals surface area contributed by atoms with Crippen molar-refractivity contribution in [1.82, 2.24) is 59.9 Å². The van der Waals surface area contributed by atoms with Crippen LogP contribution >= 0.6 is 34.0 Å². The molecule has 12 rings (SSSR count). The molecular formula is C55H58FN15O4S5. The highest BCUT2D eigenvalue weighted by molar-refractivity contribution is 7.99. The van der Waals surface area contributed by atoms with Crippen LogP contribution in [0.4, 0.5) is 21.8 Å². The van der Waals surface area contributed by atoms with E-state index < -0.39 is 25.2 Å². The Bertz CT molecular complexity index is 4600. The van der Waals surface area contributed by atoms with E-state index in [1.165, 1.54) is 34.6 Å². The number of benzene rings is 3. The first-order valence-electron chi connectivity index (χ1n) is 25.0.